The summed E-state index contributed by atoms with van der Waals surface area (Å²) >= 11 is 31.0. The van der Waals surface area contributed by atoms with E-state index in [2.05, 4.69) is 4.90 Å². The molecule has 22 heteroatoms. The average Bonchev–Trinajstić information content (AvgIpc) is 3.77. The van der Waals surface area contributed by atoms with E-state index in [1.807, 2.05) is 30.0 Å². The summed E-state index contributed by atoms with van der Waals surface area (Å²) in [6.45, 7) is 7.57. The standard InChI is InChI=1S/C25H27Cl2N3O5S.C20H17Cl3N2O5S/c1-17-18-16-22(25(31)29-12-14-34-15-13-29)35-21(18)7-6-20(17)28-8-3-9-30(11-10-28)36(32,33)23-5-2-4-19(26)24(23)27;21-13-3-1-4-17(19(13)23)31(28,29)25-8-2-7-24(9-10-25)14-5-6-15-12(18(14)22)11-16(30-15)20(26)27/h2,4-7,16H,3,8-15H2,1H3;1,3-6,11H,2,7-10H2,(H,26,27). The van der Waals surface area contributed by atoms with E-state index in [0.717, 1.165) is 16.6 Å². The molecule has 3 saturated heterocycles. The summed E-state index contributed by atoms with van der Waals surface area (Å²) in [5.41, 5.74) is 3.70. The Labute approximate surface area is 412 Å². The van der Waals surface area contributed by atoms with E-state index in [4.69, 9.17) is 76.7 Å². The highest BCUT2D eigenvalue weighted by Crippen LogP contribution is 2.38. The molecule has 15 nitrogen and oxygen atoms in total. The minimum Gasteiger partial charge on any atom is -0.475 e. The zero-order chi connectivity index (χ0) is 47.8. The van der Waals surface area contributed by atoms with Crippen molar-refractivity contribution in [2.24, 2.45) is 0 Å². The predicted octanol–water partition coefficient (Wildman–Crippen LogP) is 9.41. The van der Waals surface area contributed by atoms with Crippen LogP contribution in [0.3, 0.4) is 0 Å². The van der Waals surface area contributed by atoms with Gasteiger partial charge in [0.25, 0.3) is 5.91 Å². The lowest BCUT2D eigenvalue weighted by Gasteiger charge is -2.25. The van der Waals surface area contributed by atoms with Crippen LogP contribution in [0.4, 0.5) is 11.4 Å². The molecule has 5 heterocycles. The third-order valence-corrected chi connectivity index (χ3v) is 18.1. The number of sulfonamides is 2. The maximum Gasteiger partial charge on any atom is 0.371 e. The monoisotopic (exact) mass is 1050 g/mol. The molecule has 3 aliphatic rings. The third kappa shape index (κ3) is 10.1. The van der Waals surface area contributed by atoms with Crippen LogP contribution >= 0.6 is 58.0 Å². The van der Waals surface area contributed by atoms with Gasteiger partial charge in [-0.15, -0.1) is 0 Å². The Morgan fingerprint density at radius 3 is 1.61 bits per heavy atom. The van der Waals surface area contributed by atoms with E-state index in [9.17, 15) is 26.4 Å². The van der Waals surface area contributed by atoms with Crippen molar-refractivity contribution in [1.29, 1.82) is 0 Å². The highest BCUT2D eigenvalue weighted by Gasteiger charge is 2.32. The number of carbonyl (C=O) groups is 2. The normalized spacial score (nSPS) is 17.0. The lowest BCUT2D eigenvalue weighted by atomic mass is 10.1. The first kappa shape index (κ1) is 49.2. The first-order valence-corrected chi connectivity index (χ1v) is 26.0. The number of benzene rings is 4. The van der Waals surface area contributed by atoms with Crippen LogP contribution in [0, 0.1) is 6.92 Å². The van der Waals surface area contributed by atoms with Crippen molar-refractivity contribution in [3.05, 3.63) is 115 Å². The van der Waals surface area contributed by atoms with Gasteiger partial charge in [0.1, 0.15) is 21.0 Å². The number of rotatable bonds is 8. The Morgan fingerprint density at radius 2 is 1.06 bits per heavy atom. The van der Waals surface area contributed by atoms with Crippen LogP contribution in [-0.4, -0.2) is 126 Å². The Kier molecular flexibility index (Phi) is 14.9. The van der Waals surface area contributed by atoms with Crippen LogP contribution < -0.4 is 9.80 Å². The molecule has 6 aromatic rings. The summed E-state index contributed by atoms with van der Waals surface area (Å²) in [7, 11) is -7.60. The van der Waals surface area contributed by atoms with Crippen LogP contribution in [-0.2, 0) is 24.8 Å². The van der Waals surface area contributed by atoms with Gasteiger partial charge in [0.2, 0.25) is 25.8 Å². The molecule has 67 heavy (non-hydrogen) atoms. The van der Waals surface area contributed by atoms with Crippen molar-refractivity contribution in [3.63, 3.8) is 0 Å². The average molecular weight is 1060 g/mol. The van der Waals surface area contributed by atoms with E-state index in [-0.39, 0.29) is 48.1 Å². The lowest BCUT2D eigenvalue weighted by molar-refractivity contribution is 0.0284. The molecular weight excluding hydrogens is 1010 g/mol. The van der Waals surface area contributed by atoms with Gasteiger partial charge in [-0.1, -0.05) is 70.1 Å². The molecule has 0 unspecified atom stereocenters. The summed E-state index contributed by atoms with van der Waals surface area (Å²) in [5, 5.41) is 11.3. The molecule has 3 fully saturated rings. The zero-order valence-electron chi connectivity index (χ0n) is 35.9. The number of morpholine rings is 1. The number of ether oxygens (including phenoxy) is 1. The second-order valence-corrected chi connectivity index (χ2v) is 21.7. The predicted molar refractivity (Wildman–Crippen MR) is 260 cm³/mol. The van der Waals surface area contributed by atoms with Gasteiger partial charge >= 0.3 is 5.97 Å². The van der Waals surface area contributed by atoms with E-state index >= 15 is 0 Å². The molecule has 3 aliphatic heterocycles. The number of aryl methyl sites for hydroxylation is 1. The van der Waals surface area contributed by atoms with E-state index in [0.29, 0.717) is 118 Å². The maximum atomic E-state index is 13.3. The number of halogens is 5. The number of carboxylic acids is 1. The lowest BCUT2D eigenvalue weighted by Crippen LogP contribution is -2.40. The molecule has 0 saturated carbocycles. The summed E-state index contributed by atoms with van der Waals surface area (Å²) in [6.07, 6.45) is 1.22. The SMILES string of the molecule is Cc1c(N2CCCN(S(=O)(=O)c3cccc(Cl)c3Cl)CC2)ccc2oc(C(=O)N3CCOCC3)cc12.O=C(O)c1cc2c(Cl)c(N3CCCN(S(=O)(=O)c4cccc(Cl)c4Cl)CC3)ccc2o1. The van der Waals surface area contributed by atoms with Gasteiger partial charge < -0.3 is 33.4 Å². The van der Waals surface area contributed by atoms with Gasteiger partial charge in [0.05, 0.1) is 44.0 Å². The highest BCUT2D eigenvalue weighted by atomic mass is 35.5. The van der Waals surface area contributed by atoms with Gasteiger partial charge in [-0.2, -0.15) is 8.61 Å². The molecule has 0 bridgehead atoms. The van der Waals surface area contributed by atoms with Crippen LogP contribution in [0.2, 0.25) is 25.1 Å². The van der Waals surface area contributed by atoms with Gasteiger partial charge in [-0.3, -0.25) is 4.79 Å². The molecule has 0 aliphatic carbocycles. The fraction of sp³-hybridized carbons (Fsp3) is 0.333. The van der Waals surface area contributed by atoms with Crippen molar-refractivity contribution in [2.45, 2.75) is 29.6 Å². The molecular formula is C45H44Cl5N5O10S2. The van der Waals surface area contributed by atoms with Gasteiger partial charge in [-0.05, 0) is 79.9 Å². The number of furan rings is 2. The Morgan fingerprint density at radius 1 is 0.567 bits per heavy atom. The molecule has 1 amide bonds. The number of amides is 1. The number of fused-ring (bicyclic) bond motifs is 2. The molecule has 0 atom stereocenters. The molecule has 356 valence electrons. The second kappa shape index (κ2) is 20.4. The summed E-state index contributed by atoms with van der Waals surface area (Å²) in [6, 6.07) is 19.6. The Balaban J connectivity index is 0.000000184. The number of aromatic carboxylic acids is 1. The molecule has 4 aromatic carbocycles. The van der Waals surface area contributed by atoms with Crippen molar-refractivity contribution in [3.8, 4) is 0 Å². The van der Waals surface area contributed by atoms with Crippen molar-refractivity contribution < 1.29 is 45.1 Å². The van der Waals surface area contributed by atoms with Crippen LogP contribution in [0.15, 0.2) is 91.4 Å². The summed E-state index contributed by atoms with van der Waals surface area (Å²) in [5.74, 6) is -1.19. The van der Waals surface area contributed by atoms with Gasteiger partial charge in [0.15, 0.2) is 5.76 Å². The van der Waals surface area contributed by atoms with Crippen LogP contribution in [0.1, 0.15) is 39.5 Å². The summed E-state index contributed by atoms with van der Waals surface area (Å²) in [4.78, 5) is 30.0. The maximum absolute atomic E-state index is 13.3. The Hall–Kier alpha value is -4.27. The molecule has 9 rings (SSSR count). The molecule has 1 N–H and O–H groups in total. The van der Waals surface area contributed by atoms with Crippen LogP contribution in [0.25, 0.3) is 21.9 Å². The van der Waals surface area contributed by atoms with E-state index < -0.39 is 26.0 Å². The molecule has 0 spiro atoms. The molecule has 2 aromatic heterocycles. The first-order valence-electron chi connectivity index (χ1n) is 21.2. The number of hydrogen-bond donors (Lipinski definition) is 1. The zero-order valence-corrected chi connectivity index (χ0v) is 41.3. The summed E-state index contributed by atoms with van der Waals surface area (Å²) < 4.78 is 72.3. The number of carboxylic acid groups (broad SMARTS) is 1. The fourth-order valence-corrected chi connectivity index (χ4v) is 13.2. The van der Waals surface area contributed by atoms with E-state index in [1.165, 1.54) is 32.9 Å². The Bertz CT molecular complexity index is 3090. The molecule has 0 radical (unpaired) electrons. The smallest absolute Gasteiger partial charge is 0.371 e. The number of hydrogen-bond acceptors (Lipinski definition) is 11. The minimum absolute atomic E-state index is 0.00737. The second-order valence-electron chi connectivity index (χ2n) is 16.0. The van der Waals surface area contributed by atoms with Crippen molar-refractivity contribution in [1.82, 2.24) is 13.5 Å². The largest absolute Gasteiger partial charge is 0.475 e. The van der Waals surface area contributed by atoms with Gasteiger partial charge in [-0.25, -0.2) is 21.6 Å². The highest BCUT2D eigenvalue weighted by molar-refractivity contribution is 7.89. The quantitative estimate of drug-likeness (QED) is 0.153. The fourth-order valence-electron chi connectivity index (χ4n) is 8.42. The topological polar surface area (TPSA) is 174 Å². The minimum atomic E-state index is -3.82. The number of carbonyl (C=O) groups excluding carboxylic acids is 1. The first-order chi connectivity index (χ1) is 32.0. The number of nitrogens with zero attached hydrogens (tertiary/aromatic N) is 5. The van der Waals surface area contributed by atoms with Crippen molar-refractivity contribution >= 4 is 123 Å². The van der Waals surface area contributed by atoms with E-state index in [1.54, 1.807) is 35.2 Å². The van der Waals surface area contributed by atoms with Gasteiger partial charge in [0, 0.05) is 88.0 Å². The number of anilines is 2. The third-order valence-electron chi connectivity index (χ3n) is 11.9. The van der Waals surface area contributed by atoms with Crippen LogP contribution in [0.5, 0.6) is 0 Å². The van der Waals surface area contributed by atoms with Crippen molar-refractivity contribution in [2.75, 3.05) is 88.5 Å².